The van der Waals surface area contributed by atoms with Crippen molar-refractivity contribution in [3.05, 3.63) is 35.9 Å². The molecular formula is C14H19NO6. The minimum atomic E-state index is -1.40. The molecule has 7 heteroatoms. The quantitative estimate of drug-likeness (QED) is 0.560. The summed E-state index contributed by atoms with van der Waals surface area (Å²) in [5.41, 5.74) is 0.478. The number of rotatable bonds is 4. The van der Waals surface area contributed by atoms with E-state index in [2.05, 4.69) is 5.32 Å². The third-order valence-corrected chi connectivity index (χ3v) is 3.40. The van der Waals surface area contributed by atoms with Crippen LogP contribution < -0.4 is 5.32 Å². The second-order valence-electron chi connectivity index (χ2n) is 4.83. The number of nitrogens with one attached hydrogen (secondary N) is 1. The lowest BCUT2D eigenvalue weighted by atomic mass is 9.99. The van der Waals surface area contributed by atoms with Gasteiger partial charge in [0.1, 0.15) is 24.4 Å². The Hall–Kier alpha value is -1.51. The van der Waals surface area contributed by atoms with Crippen molar-refractivity contribution in [2.24, 2.45) is 0 Å². The topological polar surface area (TPSA) is 108 Å². The maximum Gasteiger partial charge on any atom is 0.251 e. The van der Waals surface area contributed by atoms with Gasteiger partial charge in [-0.25, -0.2) is 0 Å². The number of benzene rings is 1. The zero-order valence-electron chi connectivity index (χ0n) is 11.5. The largest absolute Gasteiger partial charge is 0.388 e. The van der Waals surface area contributed by atoms with E-state index in [-0.39, 0.29) is 12.5 Å². The molecular weight excluding hydrogens is 278 g/mol. The summed E-state index contributed by atoms with van der Waals surface area (Å²) in [5, 5.41) is 31.8. The molecule has 1 fully saturated rings. The zero-order chi connectivity index (χ0) is 15.4. The predicted molar refractivity (Wildman–Crippen MR) is 72.5 cm³/mol. The lowest BCUT2D eigenvalue weighted by molar-refractivity contribution is -0.288. The Morgan fingerprint density at radius 3 is 2.48 bits per heavy atom. The van der Waals surface area contributed by atoms with Gasteiger partial charge < -0.3 is 30.1 Å². The van der Waals surface area contributed by atoms with Crippen LogP contribution in [0.2, 0.25) is 0 Å². The van der Waals surface area contributed by atoms with Crippen molar-refractivity contribution in [2.75, 3.05) is 13.7 Å². The number of carbonyl (C=O) groups is 1. The molecule has 0 spiro atoms. The number of aliphatic hydroxyl groups is 3. The van der Waals surface area contributed by atoms with Crippen LogP contribution in [0.25, 0.3) is 0 Å². The number of carbonyl (C=O) groups excluding carboxylic acids is 1. The molecule has 0 bridgehead atoms. The highest BCUT2D eigenvalue weighted by atomic mass is 16.7. The molecule has 116 valence electrons. The number of methoxy groups -OCH3 is 1. The van der Waals surface area contributed by atoms with Gasteiger partial charge in [0, 0.05) is 19.2 Å². The van der Waals surface area contributed by atoms with Crippen LogP contribution in [0.5, 0.6) is 0 Å². The molecule has 5 atom stereocenters. The lowest BCUT2D eigenvalue weighted by Crippen LogP contribution is -2.60. The molecule has 1 aliphatic heterocycles. The van der Waals surface area contributed by atoms with Gasteiger partial charge in [0.15, 0.2) is 6.29 Å². The SMILES string of the molecule is COC1O[C@H](CNC(=O)c2ccccc2)[C@@H](O)C(O)[C@@H]1O. The minimum absolute atomic E-state index is 0.0153. The van der Waals surface area contributed by atoms with Gasteiger partial charge in [0.25, 0.3) is 5.91 Å². The molecule has 21 heavy (non-hydrogen) atoms. The van der Waals surface area contributed by atoms with Gasteiger partial charge in [0.05, 0.1) is 0 Å². The summed E-state index contributed by atoms with van der Waals surface area (Å²) in [6, 6.07) is 8.59. The molecule has 1 aromatic carbocycles. The van der Waals surface area contributed by atoms with Crippen LogP contribution in [0, 0.1) is 0 Å². The zero-order valence-corrected chi connectivity index (χ0v) is 11.5. The minimum Gasteiger partial charge on any atom is -0.388 e. The number of hydrogen-bond donors (Lipinski definition) is 4. The third-order valence-electron chi connectivity index (χ3n) is 3.40. The molecule has 1 amide bonds. The molecule has 0 radical (unpaired) electrons. The Labute approximate surface area is 122 Å². The van der Waals surface area contributed by atoms with Crippen molar-refractivity contribution < 1.29 is 29.6 Å². The average Bonchev–Trinajstić information content (AvgIpc) is 2.52. The second kappa shape index (κ2) is 6.97. The van der Waals surface area contributed by atoms with Gasteiger partial charge in [-0.2, -0.15) is 0 Å². The van der Waals surface area contributed by atoms with Crippen LogP contribution >= 0.6 is 0 Å². The van der Waals surface area contributed by atoms with Crippen LogP contribution in [0.4, 0.5) is 0 Å². The Morgan fingerprint density at radius 2 is 1.86 bits per heavy atom. The van der Waals surface area contributed by atoms with Gasteiger partial charge in [0.2, 0.25) is 0 Å². The van der Waals surface area contributed by atoms with Gasteiger partial charge in [-0.15, -0.1) is 0 Å². The van der Waals surface area contributed by atoms with Crippen molar-refractivity contribution in [3.8, 4) is 0 Å². The Bertz CT molecular complexity index is 466. The van der Waals surface area contributed by atoms with Crippen molar-refractivity contribution in [1.82, 2.24) is 5.32 Å². The summed E-state index contributed by atoms with van der Waals surface area (Å²) >= 11 is 0. The fraction of sp³-hybridized carbons (Fsp3) is 0.500. The summed E-state index contributed by atoms with van der Waals surface area (Å²) in [7, 11) is 1.32. The highest BCUT2D eigenvalue weighted by Gasteiger charge is 2.43. The summed E-state index contributed by atoms with van der Waals surface area (Å²) in [6.07, 6.45) is -5.99. The molecule has 0 aromatic heterocycles. The molecule has 0 aliphatic carbocycles. The van der Waals surface area contributed by atoms with E-state index in [9.17, 15) is 20.1 Å². The smallest absolute Gasteiger partial charge is 0.251 e. The maximum atomic E-state index is 11.9. The first-order chi connectivity index (χ1) is 10.0. The van der Waals surface area contributed by atoms with Crippen LogP contribution in [-0.2, 0) is 9.47 Å². The average molecular weight is 297 g/mol. The second-order valence-corrected chi connectivity index (χ2v) is 4.83. The van der Waals surface area contributed by atoms with Crippen molar-refractivity contribution >= 4 is 5.91 Å². The van der Waals surface area contributed by atoms with Crippen molar-refractivity contribution in [1.29, 1.82) is 0 Å². The van der Waals surface area contributed by atoms with E-state index in [4.69, 9.17) is 9.47 Å². The molecule has 1 aromatic rings. The monoisotopic (exact) mass is 297 g/mol. The summed E-state index contributed by atoms with van der Waals surface area (Å²) in [5.74, 6) is -0.319. The molecule has 1 saturated heterocycles. The molecule has 1 aliphatic rings. The van der Waals surface area contributed by atoms with E-state index in [1.807, 2.05) is 0 Å². The van der Waals surface area contributed by atoms with E-state index in [0.717, 1.165) is 0 Å². The first-order valence-corrected chi connectivity index (χ1v) is 6.60. The normalized spacial score (nSPS) is 32.7. The van der Waals surface area contributed by atoms with Crippen LogP contribution in [0.15, 0.2) is 30.3 Å². The predicted octanol–water partition coefficient (Wildman–Crippen LogP) is -1.13. The lowest BCUT2D eigenvalue weighted by Gasteiger charge is -2.39. The highest BCUT2D eigenvalue weighted by molar-refractivity contribution is 5.94. The third kappa shape index (κ3) is 3.58. The van der Waals surface area contributed by atoms with E-state index >= 15 is 0 Å². The molecule has 0 saturated carbocycles. The van der Waals surface area contributed by atoms with Gasteiger partial charge >= 0.3 is 0 Å². The van der Waals surface area contributed by atoms with Crippen molar-refractivity contribution in [2.45, 2.75) is 30.7 Å². The summed E-state index contributed by atoms with van der Waals surface area (Å²) in [4.78, 5) is 11.9. The van der Waals surface area contributed by atoms with E-state index < -0.39 is 30.7 Å². The van der Waals surface area contributed by atoms with Crippen molar-refractivity contribution in [3.63, 3.8) is 0 Å². The Kier molecular flexibility index (Phi) is 5.27. The molecule has 1 heterocycles. The van der Waals surface area contributed by atoms with Crippen LogP contribution in [0.1, 0.15) is 10.4 Å². The number of hydrogen-bond acceptors (Lipinski definition) is 6. The highest BCUT2D eigenvalue weighted by Crippen LogP contribution is 2.21. The Balaban J connectivity index is 1.94. The maximum absolute atomic E-state index is 11.9. The summed E-state index contributed by atoms with van der Waals surface area (Å²) < 4.78 is 10.2. The Morgan fingerprint density at radius 1 is 1.19 bits per heavy atom. The van der Waals surface area contributed by atoms with Gasteiger partial charge in [-0.1, -0.05) is 18.2 Å². The molecule has 7 nitrogen and oxygen atoms in total. The molecule has 4 N–H and O–H groups in total. The summed E-state index contributed by atoms with van der Waals surface area (Å²) in [6.45, 7) is -0.0153. The first kappa shape index (κ1) is 15.9. The van der Waals surface area contributed by atoms with Gasteiger partial charge in [-0.3, -0.25) is 4.79 Å². The molecule has 2 unspecified atom stereocenters. The fourth-order valence-corrected chi connectivity index (χ4v) is 2.16. The van der Waals surface area contributed by atoms with Gasteiger partial charge in [-0.05, 0) is 12.1 Å². The standard InChI is InChI=1S/C14H19NO6/c1-20-14-12(18)11(17)10(16)9(21-14)7-15-13(19)8-5-3-2-4-6-8/h2-6,9-12,14,16-18H,7H2,1H3,(H,15,19)/t9-,10-,11?,12+,14?/m1/s1. The number of aliphatic hydroxyl groups excluding tert-OH is 3. The fourth-order valence-electron chi connectivity index (χ4n) is 2.16. The van der Waals surface area contributed by atoms with Crippen LogP contribution in [0.3, 0.4) is 0 Å². The number of amides is 1. The number of ether oxygens (including phenoxy) is 2. The first-order valence-electron chi connectivity index (χ1n) is 6.60. The van der Waals surface area contributed by atoms with E-state index in [1.165, 1.54) is 7.11 Å². The molecule has 2 rings (SSSR count). The van der Waals surface area contributed by atoms with E-state index in [1.54, 1.807) is 30.3 Å². The van der Waals surface area contributed by atoms with E-state index in [0.29, 0.717) is 5.56 Å². The van der Waals surface area contributed by atoms with Crippen LogP contribution in [-0.4, -0.2) is 65.6 Å².